The van der Waals surface area contributed by atoms with Crippen LogP contribution >= 0.6 is 0 Å². The third-order valence-electron chi connectivity index (χ3n) is 0. The first-order chi connectivity index (χ1) is 2.00. The van der Waals surface area contributed by atoms with E-state index in [1.807, 2.05) is 0 Å². The van der Waals surface area contributed by atoms with Crippen LogP contribution in [0, 0.1) is 0 Å². The van der Waals surface area contributed by atoms with E-state index >= 15 is 0 Å². The second-order valence-corrected chi connectivity index (χ2v) is 1.99. The van der Waals surface area contributed by atoms with Crippen molar-refractivity contribution in [3.63, 3.8) is 0 Å². The van der Waals surface area contributed by atoms with Gasteiger partial charge in [-0.05, 0) is 0 Å². The molecule has 0 saturated heterocycles. The van der Waals surface area contributed by atoms with Crippen LogP contribution < -0.4 is 0 Å². The van der Waals surface area contributed by atoms with Crippen molar-refractivity contribution in [3.8, 4) is 0 Å². The van der Waals surface area contributed by atoms with Gasteiger partial charge in [0.15, 0.2) is 0 Å². The number of rotatable bonds is 0. The van der Waals surface area contributed by atoms with E-state index in [1.54, 1.807) is 0 Å². The second-order valence-electron chi connectivity index (χ2n) is 0.383. The summed E-state index contributed by atoms with van der Waals surface area (Å²) in [6.07, 6.45) is 0. The maximum absolute atomic E-state index is 9.86. The van der Waals surface area contributed by atoms with Crippen molar-refractivity contribution >= 4 is 34.3 Å². The van der Waals surface area contributed by atoms with Crippen molar-refractivity contribution < 1.29 is 13.9 Å². The Morgan fingerprint density at radius 3 is 0.833 bits per heavy atom. The van der Waals surface area contributed by atoms with Gasteiger partial charge in [0.2, 0.25) is 0 Å². The van der Waals surface area contributed by atoms with Crippen LogP contribution in [0.3, 0.4) is 0 Å². The summed E-state index contributed by atoms with van der Waals surface area (Å²) >= 11 is -6.88. The molecule has 0 amide bonds. The SMILES string of the molecule is F[As](F)(F)F.[LiH]. The van der Waals surface area contributed by atoms with Crippen molar-refractivity contribution in [3.05, 3.63) is 0 Å². The fourth-order valence-electron chi connectivity index (χ4n) is 0. The number of hydrogen-bond donors (Lipinski definition) is 0. The fraction of sp³-hybridized carbons (Fsp3) is 0. The van der Waals surface area contributed by atoms with Crippen LogP contribution in [0.2, 0.25) is 0 Å². The fourth-order valence-corrected chi connectivity index (χ4v) is 0. The minimum absolute atomic E-state index is 0. The van der Waals surface area contributed by atoms with Gasteiger partial charge in [-0.3, -0.25) is 0 Å². The molecule has 35 valence electrons. The molecule has 0 aromatic carbocycles. The normalized spacial score (nSPS) is 10.0. The first kappa shape index (κ1) is 9.99. The average molecular weight is 159 g/mol. The molecule has 0 bridgehead atoms. The minimum atomic E-state index is -6.88. The van der Waals surface area contributed by atoms with Crippen molar-refractivity contribution in [2.75, 3.05) is 0 Å². The first-order valence-corrected chi connectivity index (χ1v) is 3.51. The molecule has 0 atom stereocenters. The summed E-state index contributed by atoms with van der Waals surface area (Å²) < 4.78 is 39.4. The molecule has 6 heavy (non-hydrogen) atoms. The van der Waals surface area contributed by atoms with Crippen molar-refractivity contribution in [2.24, 2.45) is 0 Å². The Kier molecular flexibility index (Phi) is 4.92. The van der Waals surface area contributed by atoms with Crippen molar-refractivity contribution in [1.82, 2.24) is 0 Å². The monoisotopic (exact) mass is 159 g/mol. The molecule has 0 spiro atoms. The van der Waals surface area contributed by atoms with Gasteiger partial charge in [0.05, 0.1) is 0 Å². The van der Waals surface area contributed by atoms with Gasteiger partial charge in [0, 0.05) is 0 Å². The number of halogens is 4. The Bertz CT molecular complexity index is 23.0. The Balaban J connectivity index is 0. The van der Waals surface area contributed by atoms with Crippen molar-refractivity contribution in [2.45, 2.75) is 0 Å². The van der Waals surface area contributed by atoms with Gasteiger partial charge in [-0.25, -0.2) is 0 Å². The quantitative estimate of drug-likeness (QED) is 0.359. The molecule has 0 aromatic rings. The zero-order valence-electron chi connectivity index (χ0n) is 1.96. The predicted octanol–water partition coefficient (Wildman–Crippen LogP) is 0.651. The summed E-state index contributed by atoms with van der Waals surface area (Å²) in [4.78, 5) is 0. The summed E-state index contributed by atoms with van der Waals surface area (Å²) in [5.74, 6) is 0. The van der Waals surface area contributed by atoms with Gasteiger partial charge in [-0.15, -0.1) is 0 Å². The second kappa shape index (κ2) is 2.95. The molecule has 0 unspecified atom stereocenters. The number of hydrogen-bond acceptors (Lipinski definition) is 0. The molecule has 0 saturated carbocycles. The standard InChI is InChI=1S/AsF4.Li.H/c2-1(3,4)5;;. The van der Waals surface area contributed by atoms with E-state index in [0.717, 1.165) is 0 Å². The molecular weight excluding hydrogens is 158 g/mol. The summed E-state index contributed by atoms with van der Waals surface area (Å²) in [5, 5.41) is 0. The van der Waals surface area contributed by atoms with Crippen LogP contribution in [0.4, 0.5) is 13.9 Å². The molecule has 0 aliphatic rings. The third-order valence-corrected chi connectivity index (χ3v) is 0. The van der Waals surface area contributed by atoms with Crippen LogP contribution in [0.5, 0.6) is 0 Å². The summed E-state index contributed by atoms with van der Waals surface area (Å²) in [6, 6.07) is 0. The molecule has 0 heterocycles. The van der Waals surface area contributed by atoms with Crippen LogP contribution in [0.25, 0.3) is 0 Å². The van der Waals surface area contributed by atoms with Crippen molar-refractivity contribution in [1.29, 1.82) is 0 Å². The molecule has 0 aliphatic carbocycles. The van der Waals surface area contributed by atoms with Gasteiger partial charge in [-0.1, -0.05) is 0 Å². The predicted molar refractivity (Wildman–Crippen MR) is 17.3 cm³/mol. The summed E-state index contributed by atoms with van der Waals surface area (Å²) in [5.41, 5.74) is 0. The summed E-state index contributed by atoms with van der Waals surface area (Å²) in [7, 11) is 0. The zero-order chi connectivity index (χ0) is 4.50. The molecule has 6 heteroatoms. The molecule has 0 fully saturated rings. The topological polar surface area (TPSA) is 0 Å². The molecule has 0 aliphatic heterocycles. The molecule has 0 aromatic heterocycles. The van der Waals surface area contributed by atoms with Gasteiger partial charge >= 0.3 is 48.2 Å². The van der Waals surface area contributed by atoms with E-state index in [2.05, 4.69) is 0 Å². The van der Waals surface area contributed by atoms with E-state index in [-0.39, 0.29) is 18.9 Å². The van der Waals surface area contributed by atoms with Crippen LogP contribution in [0.15, 0.2) is 0 Å². The van der Waals surface area contributed by atoms with Gasteiger partial charge in [0.25, 0.3) is 0 Å². The molecule has 0 N–H and O–H groups in total. The molecule has 0 nitrogen and oxygen atoms in total. The first-order valence-electron chi connectivity index (χ1n) is 0.676. The molecule has 1 radical (unpaired) electrons. The van der Waals surface area contributed by atoms with E-state index < -0.39 is 15.4 Å². The van der Waals surface area contributed by atoms with E-state index in [0.29, 0.717) is 0 Å². The molecule has 0 rings (SSSR count). The zero-order valence-corrected chi connectivity index (χ0v) is 3.84. The Hall–Kier alpha value is 0.876. The van der Waals surface area contributed by atoms with E-state index in [1.165, 1.54) is 0 Å². The average Bonchev–Trinajstić information content (AvgIpc) is 0.722. The van der Waals surface area contributed by atoms with Gasteiger partial charge in [-0.2, -0.15) is 0 Å². The summed E-state index contributed by atoms with van der Waals surface area (Å²) in [6.45, 7) is 0. The van der Waals surface area contributed by atoms with Gasteiger partial charge in [0.1, 0.15) is 0 Å². The maximum atomic E-state index is 9.86. The van der Waals surface area contributed by atoms with Crippen LogP contribution in [-0.2, 0) is 0 Å². The third kappa shape index (κ3) is 95.5. The van der Waals surface area contributed by atoms with Crippen LogP contribution in [-0.4, -0.2) is 34.3 Å². The Morgan fingerprint density at radius 2 is 0.833 bits per heavy atom. The Labute approximate surface area is 48.5 Å². The Morgan fingerprint density at radius 1 is 0.833 bits per heavy atom. The van der Waals surface area contributed by atoms with Crippen LogP contribution in [0.1, 0.15) is 0 Å². The van der Waals surface area contributed by atoms with E-state index in [4.69, 9.17) is 0 Å². The van der Waals surface area contributed by atoms with E-state index in [9.17, 15) is 13.9 Å². The molecular formula is HAsF4Li. The van der Waals surface area contributed by atoms with Gasteiger partial charge < -0.3 is 0 Å².